The second-order valence-electron chi connectivity index (χ2n) is 5.48. The Morgan fingerprint density at radius 3 is 2.58 bits per heavy atom. The quantitative estimate of drug-likeness (QED) is 0.537. The van der Waals surface area contributed by atoms with Gasteiger partial charge in [0.15, 0.2) is 10.9 Å². The van der Waals surface area contributed by atoms with Gasteiger partial charge in [0.1, 0.15) is 5.75 Å². The summed E-state index contributed by atoms with van der Waals surface area (Å²) in [7, 11) is 0. The van der Waals surface area contributed by atoms with Gasteiger partial charge in [0.05, 0.1) is 10.5 Å². The van der Waals surface area contributed by atoms with Gasteiger partial charge in [-0.3, -0.25) is 4.79 Å². The lowest BCUT2D eigenvalue weighted by Crippen LogP contribution is -2.44. The lowest BCUT2D eigenvalue weighted by atomic mass is 9.90. The predicted octanol–water partition coefficient (Wildman–Crippen LogP) is 3.83. The van der Waals surface area contributed by atoms with Gasteiger partial charge in [-0.15, -0.1) is 0 Å². The summed E-state index contributed by atoms with van der Waals surface area (Å²) in [5.74, 6) is 0.0803. The van der Waals surface area contributed by atoms with Crippen LogP contribution in [-0.4, -0.2) is 16.0 Å². The average molecular weight is 403 g/mol. The van der Waals surface area contributed by atoms with Crippen LogP contribution in [0.1, 0.15) is 28.9 Å². The first-order valence-corrected chi connectivity index (χ1v) is 8.54. The Morgan fingerprint density at radius 1 is 1.21 bits per heavy atom. The molecule has 0 bridgehead atoms. The highest BCUT2D eigenvalue weighted by atomic mass is 79.9. The molecule has 0 amide bonds. The van der Waals surface area contributed by atoms with Crippen LogP contribution in [0.15, 0.2) is 64.3 Å². The minimum absolute atomic E-state index is 0.0650. The van der Waals surface area contributed by atoms with Crippen molar-refractivity contribution in [3.63, 3.8) is 0 Å². The third-order valence-corrected chi connectivity index (χ3v) is 4.71. The summed E-state index contributed by atoms with van der Waals surface area (Å²) in [5, 5.41) is 16.4. The fourth-order valence-corrected chi connectivity index (χ4v) is 3.36. The molecule has 0 fully saturated rings. The molecule has 0 saturated carbocycles. The molecule has 0 aliphatic carbocycles. The second kappa shape index (κ2) is 6.75. The number of hydrogen-bond acceptors (Lipinski definition) is 3. The largest absolute Gasteiger partial charge is 0.507 e. The number of allylic oxidation sites excluding steroid dienone is 1. The normalized spacial score (nSPS) is 17.2. The van der Waals surface area contributed by atoms with Gasteiger partial charge in [-0.1, -0.05) is 36.4 Å². The van der Waals surface area contributed by atoms with Crippen LogP contribution in [0.4, 0.5) is 0 Å². The van der Waals surface area contributed by atoms with Crippen molar-refractivity contribution < 1.29 is 9.90 Å². The molecule has 1 atom stereocenters. The van der Waals surface area contributed by atoms with Crippen LogP contribution in [0.5, 0.6) is 5.75 Å². The number of nitrogens with one attached hydrogen (secondary N) is 2. The molecule has 1 unspecified atom stereocenters. The molecule has 3 N–H and O–H groups in total. The van der Waals surface area contributed by atoms with E-state index >= 15 is 0 Å². The summed E-state index contributed by atoms with van der Waals surface area (Å²) in [6, 6.07) is 13.9. The van der Waals surface area contributed by atoms with E-state index in [-0.39, 0.29) is 17.6 Å². The van der Waals surface area contributed by atoms with E-state index in [4.69, 9.17) is 12.2 Å². The highest BCUT2D eigenvalue weighted by Crippen LogP contribution is 2.33. The first-order valence-electron chi connectivity index (χ1n) is 7.34. The van der Waals surface area contributed by atoms with Gasteiger partial charge in [0.2, 0.25) is 0 Å². The maximum absolute atomic E-state index is 13.0. The van der Waals surface area contributed by atoms with Gasteiger partial charge in [0.25, 0.3) is 0 Å². The molecule has 122 valence electrons. The molecular formula is C18H15BrN2O2S. The Balaban J connectivity index is 2.08. The number of carbonyl (C=O) groups is 1. The second-order valence-corrected chi connectivity index (χ2v) is 6.74. The highest BCUT2D eigenvalue weighted by molar-refractivity contribution is 9.10. The number of Topliss-reactive ketones (excluding diaryl/α,β-unsaturated/α-hetero) is 1. The number of ketones is 1. The van der Waals surface area contributed by atoms with Crippen LogP contribution in [0.25, 0.3) is 0 Å². The Kier molecular flexibility index (Phi) is 4.69. The fourth-order valence-electron chi connectivity index (χ4n) is 2.69. The van der Waals surface area contributed by atoms with E-state index in [0.29, 0.717) is 20.7 Å². The number of phenolic OH excluding ortho intramolecular Hbond substituents is 1. The van der Waals surface area contributed by atoms with E-state index in [9.17, 15) is 9.90 Å². The molecule has 4 nitrogen and oxygen atoms in total. The standard InChI is InChI=1S/C18H15BrN2O2S/c1-10-15(17(23)11-5-3-2-4-6-11)16(21-18(24)20-10)12-7-8-14(22)13(19)9-12/h2-9,16,22H,1H3,(H2,20,21,24). The van der Waals surface area contributed by atoms with Crippen LogP contribution in [0.2, 0.25) is 0 Å². The fraction of sp³-hybridized carbons (Fsp3) is 0.111. The van der Waals surface area contributed by atoms with E-state index in [1.54, 1.807) is 30.3 Å². The summed E-state index contributed by atoms with van der Waals surface area (Å²) >= 11 is 8.56. The van der Waals surface area contributed by atoms with Gasteiger partial charge < -0.3 is 15.7 Å². The molecule has 6 heteroatoms. The monoisotopic (exact) mass is 402 g/mol. The Hall–Kier alpha value is -2.18. The molecule has 0 spiro atoms. The maximum Gasteiger partial charge on any atom is 0.193 e. The zero-order valence-corrected chi connectivity index (χ0v) is 15.2. The van der Waals surface area contributed by atoms with Gasteiger partial charge in [-0.2, -0.15) is 0 Å². The van der Waals surface area contributed by atoms with Gasteiger partial charge in [-0.25, -0.2) is 0 Å². The number of aromatic hydroxyl groups is 1. The first-order chi connectivity index (χ1) is 11.5. The number of rotatable bonds is 3. The summed E-state index contributed by atoms with van der Waals surface area (Å²) in [5.41, 5.74) is 2.78. The van der Waals surface area contributed by atoms with Crippen molar-refractivity contribution in [2.24, 2.45) is 0 Å². The zero-order valence-electron chi connectivity index (χ0n) is 12.8. The van der Waals surface area contributed by atoms with Crippen molar-refractivity contribution in [3.05, 3.63) is 75.4 Å². The molecule has 1 aliphatic rings. The number of carbonyl (C=O) groups excluding carboxylic acids is 1. The summed E-state index contributed by atoms with van der Waals surface area (Å²) in [4.78, 5) is 13.0. The molecule has 0 saturated heterocycles. The van der Waals surface area contributed by atoms with E-state index in [1.165, 1.54) is 0 Å². The smallest absolute Gasteiger partial charge is 0.193 e. The van der Waals surface area contributed by atoms with Crippen LogP contribution in [0, 0.1) is 0 Å². The molecule has 24 heavy (non-hydrogen) atoms. The van der Waals surface area contributed by atoms with Crippen molar-refractivity contribution in [1.29, 1.82) is 0 Å². The van der Waals surface area contributed by atoms with Crippen LogP contribution < -0.4 is 10.6 Å². The third kappa shape index (κ3) is 3.20. The summed E-state index contributed by atoms with van der Waals surface area (Å²) < 4.78 is 0.565. The lowest BCUT2D eigenvalue weighted by molar-refractivity contribution is 0.102. The van der Waals surface area contributed by atoms with E-state index in [0.717, 1.165) is 11.3 Å². The highest BCUT2D eigenvalue weighted by Gasteiger charge is 2.30. The summed E-state index contributed by atoms with van der Waals surface area (Å²) in [6.07, 6.45) is 0. The van der Waals surface area contributed by atoms with Crippen LogP contribution in [0.3, 0.4) is 0 Å². The minimum Gasteiger partial charge on any atom is -0.507 e. The van der Waals surface area contributed by atoms with Gasteiger partial charge >= 0.3 is 0 Å². The number of hydrogen-bond donors (Lipinski definition) is 3. The Labute approximate surface area is 153 Å². The minimum atomic E-state index is -0.386. The van der Waals surface area contributed by atoms with Crippen LogP contribution >= 0.6 is 28.1 Å². The van der Waals surface area contributed by atoms with Crippen molar-refractivity contribution >= 4 is 39.0 Å². The molecule has 3 rings (SSSR count). The number of halogens is 1. The molecule has 2 aromatic rings. The first kappa shape index (κ1) is 16.7. The summed E-state index contributed by atoms with van der Waals surface area (Å²) in [6.45, 7) is 1.84. The van der Waals surface area contributed by atoms with Crippen molar-refractivity contribution in [1.82, 2.24) is 10.6 Å². The third-order valence-electron chi connectivity index (χ3n) is 3.85. The average Bonchev–Trinajstić information content (AvgIpc) is 2.57. The Morgan fingerprint density at radius 2 is 1.92 bits per heavy atom. The van der Waals surface area contributed by atoms with Crippen molar-refractivity contribution in [2.75, 3.05) is 0 Å². The number of benzene rings is 2. The van der Waals surface area contributed by atoms with Crippen molar-refractivity contribution in [3.8, 4) is 5.75 Å². The van der Waals surface area contributed by atoms with Gasteiger partial charge in [-0.05, 0) is 52.8 Å². The molecule has 0 radical (unpaired) electrons. The molecule has 1 aliphatic heterocycles. The topological polar surface area (TPSA) is 61.4 Å². The van der Waals surface area contributed by atoms with E-state index in [2.05, 4.69) is 26.6 Å². The van der Waals surface area contributed by atoms with Crippen molar-refractivity contribution in [2.45, 2.75) is 13.0 Å². The number of thiocarbonyl (C=S) groups is 1. The maximum atomic E-state index is 13.0. The Bertz CT molecular complexity index is 849. The predicted molar refractivity (Wildman–Crippen MR) is 101 cm³/mol. The van der Waals surface area contributed by atoms with Gasteiger partial charge in [0, 0.05) is 16.8 Å². The van der Waals surface area contributed by atoms with E-state index in [1.807, 2.05) is 25.1 Å². The SMILES string of the molecule is CC1=C(C(=O)c2ccccc2)C(c2ccc(O)c(Br)c2)NC(=S)N1. The lowest BCUT2D eigenvalue weighted by Gasteiger charge is -2.30. The molecule has 0 aromatic heterocycles. The number of phenols is 1. The molecule has 2 aromatic carbocycles. The zero-order chi connectivity index (χ0) is 17.3. The van der Waals surface area contributed by atoms with Crippen LogP contribution in [-0.2, 0) is 0 Å². The van der Waals surface area contributed by atoms with E-state index < -0.39 is 0 Å². The molecular weight excluding hydrogens is 388 g/mol. The molecule has 1 heterocycles.